The van der Waals surface area contributed by atoms with Gasteiger partial charge in [0.05, 0.1) is 13.7 Å². The van der Waals surface area contributed by atoms with Crippen LogP contribution < -0.4 is 14.2 Å². The van der Waals surface area contributed by atoms with E-state index in [2.05, 4.69) is 21.8 Å². The van der Waals surface area contributed by atoms with E-state index in [9.17, 15) is 13.6 Å². The van der Waals surface area contributed by atoms with Crippen molar-refractivity contribution in [2.45, 2.75) is 19.6 Å². The number of nitrogens with zero attached hydrogens (tertiary/aromatic N) is 2. The van der Waals surface area contributed by atoms with Crippen LogP contribution >= 0.6 is 0 Å². The summed E-state index contributed by atoms with van der Waals surface area (Å²) >= 11 is 0. The third-order valence-corrected chi connectivity index (χ3v) is 5.67. The van der Waals surface area contributed by atoms with Crippen molar-refractivity contribution in [2.24, 2.45) is 0 Å². The number of methoxy groups -OCH3 is 1. The number of hydrogen-bond acceptors (Lipinski definition) is 5. The molecule has 0 spiro atoms. The minimum absolute atomic E-state index is 0.0435. The molecule has 0 saturated carbocycles. The number of carbonyl (C=O) groups is 1. The highest BCUT2D eigenvalue weighted by Gasteiger charge is 2.20. The maximum atomic E-state index is 12.6. The van der Waals surface area contributed by atoms with Crippen molar-refractivity contribution in [3.63, 3.8) is 0 Å². The van der Waals surface area contributed by atoms with Crippen molar-refractivity contribution in [1.29, 1.82) is 0 Å². The molecule has 8 heteroatoms. The molecule has 32 heavy (non-hydrogen) atoms. The number of alkyl halides is 2. The number of rotatable bonds is 7. The number of benzene rings is 2. The first-order valence-corrected chi connectivity index (χ1v) is 10.6. The second-order valence-electron chi connectivity index (χ2n) is 7.76. The van der Waals surface area contributed by atoms with Gasteiger partial charge in [-0.25, -0.2) is 0 Å². The third kappa shape index (κ3) is 5.37. The summed E-state index contributed by atoms with van der Waals surface area (Å²) in [7, 11) is 1.38. The molecular formula is C24H26F2N2O4. The number of halogens is 2. The topological polar surface area (TPSA) is 51.2 Å². The van der Waals surface area contributed by atoms with Gasteiger partial charge in [0.1, 0.15) is 5.75 Å². The lowest BCUT2D eigenvalue weighted by molar-refractivity contribution is -0.127. The van der Waals surface area contributed by atoms with Crippen LogP contribution in [0.25, 0.3) is 6.08 Å². The van der Waals surface area contributed by atoms with Gasteiger partial charge in [0.15, 0.2) is 11.5 Å². The second-order valence-corrected chi connectivity index (χ2v) is 7.76. The molecule has 1 saturated heterocycles. The number of amides is 1. The van der Waals surface area contributed by atoms with Crippen molar-refractivity contribution in [1.82, 2.24) is 9.80 Å². The molecule has 1 fully saturated rings. The molecule has 1 amide bonds. The van der Waals surface area contributed by atoms with Gasteiger partial charge in [0, 0.05) is 45.2 Å². The summed E-state index contributed by atoms with van der Waals surface area (Å²) in [5.74, 6) is 1.06. The van der Waals surface area contributed by atoms with E-state index in [0.29, 0.717) is 18.7 Å². The zero-order valence-corrected chi connectivity index (χ0v) is 17.9. The summed E-state index contributed by atoms with van der Waals surface area (Å²) in [5.41, 5.74) is 3.20. The monoisotopic (exact) mass is 444 g/mol. The minimum atomic E-state index is -2.93. The van der Waals surface area contributed by atoms with Crippen molar-refractivity contribution < 1.29 is 27.8 Å². The molecule has 2 aromatic rings. The second kappa shape index (κ2) is 9.99. The van der Waals surface area contributed by atoms with Crippen LogP contribution in [0.1, 0.15) is 16.7 Å². The molecule has 2 aromatic carbocycles. The van der Waals surface area contributed by atoms with E-state index in [0.717, 1.165) is 38.4 Å². The molecule has 0 N–H and O–H groups in total. The number of fused-ring (bicyclic) bond motifs is 1. The van der Waals surface area contributed by atoms with E-state index < -0.39 is 6.61 Å². The predicted molar refractivity (Wildman–Crippen MR) is 116 cm³/mol. The zero-order chi connectivity index (χ0) is 22.5. The zero-order valence-electron chi connectivity index (χ0n) is 17.9. The third-order valence-electron chi connectivity index (χ3n) is 5.67. The van der Waals surface area contributed by atoms with Crippen molar-refractivity contribution in [2.75, 3.05) is 39.9 Å². The Hall–Kier alpha value is -3.13. The van der Waals surface area contributed by atoms with Crippen LogP contribution in [0, 0.1) is 0 Å². The highest BCUT2D eigenvalue weighted by Crippen LogP contribution is 2.30. The first-order valence-electron chi connectivity index (χ1n) is 10.6. The smallest absolute Gasteiger partial charge is 0.387 e. The lowest BCUT2D eigenvalue weighted by Crippen LogP contribution is -2.47. The van der Waals surface area contributed by atoms with E-state index in [1.54, 1.807) is 18.2 Å². The first kappa shape index (κ1) is 22.1. The highest BCUT2D eigenvalue weighted by atomic mass is 19.3. The lowest BCUT2D eigenvalue weighted by Gasteiger charge is -2.34. The molecule has 2 aliphatic rings. The lowest BCUT2D eigenvalue weighted by atomic mass is 10.1. The molecule has 0 radical (unpaired) electrons. The molecule has 2 aliphatic heterocycles. The van der Waals surface area contributed by atoms with Crippen LogP contribution in [0.15, 0.2) is 42.5 Å². The Labute approximate surface area is 186 Å². The van der Waals surface area contributed by atoms with Gasteiger partial charge in [-0.15, -0.1) is 0 Å². The normalized spacial score (nSPS) is 16.3. The Bertz CT molecular complexity index is 988. The number of hydrogen-bond donors (Lipinski definition) is 0. The number of piperazine rings is 1. The predicted octanol–water partition coefficient (Wildman–Crippen LogP) is 3.59. The quantitative estimate of drug-likeness (QED) is 0.611. The van der Waals surface area contributed by atoms with Crippen molar-refractivity contribution in [3.05, 3.63) is 59.2 Å². The fourth-order valence-electron chi connectivity index (χ4n) is 3.98. The van der Waals surface area contributed by atoms with Gasteiger partial charge in [-0.05, 0) is 41.0 Å². The Morgan fingerprint density at radius 3 is 2.69 bits per heavy atom. The minimum Gasteiger partial charge on any atom is -0.493 e. The fourth-order valence-corrected chi connectivity index (χ4v) is 3.98. The molecule has 0 bridgehead atoms. The Morgan fingerprint density at radius 1 is 1.12 bits per heavy atom. The average molecular weight is 444 g/mol. The summed E-state index contributed by atoms with van der Waals surface area (Å²) in [6.45, 7) is 1.61. The van der Waals surface area contributed by atoms with Crippen molar-refractivity contribution in [3.8, 4) is 17.2 Å². The van der Waals surface area contributed by atoms with Gasteiger partial charge in [0.2, 0.25) is 5.91 Å². The molecule has 0 aliphatic carbocycles. The maximum Gasteiger partial charge on any atom is 0.387 e. The van der Waals surface area contributed by atoms with Gasteiger partial charge < -0.3 is 19.1 Å². The molecular weight excluding hydrogens is 418 g/mol. The van der Waals surface area contributed by atoms with E-state index in [4.69, 9.17) is 9.47 Å². The molecule has 6 nitrogen and oxygen atoms in total. The average Bonchev–Trinajstić information content (AvgIpc) is 3.26. The Kier molecular flexibility index (Phi) is 6.90. The molecule has 0 atom stereocenters. The standard InChI is InChI=1S/C24H26F2N2O4/c1-30-22-15-17(2-6-21(22)32-24(25)26)4-7-23(29)28-11-9-27(10-12-28)16-18-3-5-20-19(14-18)8-13-31-20/h2-7,14-15,24H,8-13,16H2,1H3/b7-4+. The van der Waals surface area contributed by atoms with Crippen molar-refractivity contribution >= 4 is 12.0 Å². The summed E-state index contributed by atoms with van der Waals surface area (Å²) in [6.07, 6.45) is 4.11. The summed E-state index contributed by atoms with van der Waals surface area (Å²) in [6, 6.07) is 10.9. The number of ether oxygens (including phenoxy) is 3. The van der Waals surface area contributed by atoms with E-state index in [1.807, 2.05) is 11.0 Å². The van der Waals surface area contributed by atoms with Crippen LogP contribution in [0.3, 0.4) is 0 Å². The maximum absolute atomic E-state index is 12.6. The van der Waals surface area contributed by atoms with Crippen LogP contribution in [0.2, 0.25) is 0 Å². The largest absolute Gasteiger partial charge is 0.493 e. The number of carbonyl (C=O) groups excluding carboxylic acids is 1. The van der Waals surface area contributed by atoms with Gasteiger partial charge in [0.25, 0.3) is 0 Å². The first-order chi connectivity index (χ1) is 15.5. The van der Waals surface area contributed by atoms with Gasteiger partial charge in [-0.2, -0.15) is 8.78 Å². The van der Waals surface area contributed by atoms with E-state index >= 15 is 0 Å². The van der Waals surface area contributed by atoms with E-state index in [1.165, 1.54) is 30.4 Å². The summed E-state index contributed by atoms with van der Waals surface area (Å²) in [4.78, 5) is 16.7. The van der Waals surface area contributed by atoms with Crippen LogP contribution in [0.5, 0.6) is 17.2 Å². The SMILES string of the molecule is COc1cc(/C=C/C(=O)N2CCN(Cc3ccc4c(c3)CCO4)CC2)ccc1OC(F)F. The molecule has 0 aromatic heterocycles. The Morgan fingerprint density at radius 2 is 1.94 bits per heavy atom. The van der Waals surface area contributed by atoms with Crippen LogP contribution in [-0.4, -0.2) is 62.2 Å². The van der Waals surface area contributed by atoms with Crippen LogP contribution in [-0.2, 0) is 17.8 Å². The summed E-state index contributed by atoms with van der Waals surface area (Å²) < 4.78 is 40.0. The van der Waals surface area contributed by atoms with Gasteiger partial charge in [-0.3, -0.25) is 9.69 Å². The summed E-state index contributed by atoms with van der Waals surface area (Å²) in [5, 5.41) is 0. The molecule has 0 unspecified atom stereocenters. The van der Waals surface area contributed by atoms with Crippen LogP contribution in [0.4, 0.5) is 8.78 Å². The van der Waals surface area contributed by atoms with E-state index in [-0.39, 0.29) is 17.4 Å². The molecule has 170 valence electrons. The Balaban J connectivity index is 1.29. The van der Waals surface area contributed by atoms with Gasteiger partial charge >= 0.3 is 6.61 Å². The fraction of sp³-hybridized carbons (Fsp3) is 0.375. The highest BCUT2D eigenvalue weighted by molar-refractivity contribution is 5.92. The molecule has 4 rings (SSSR count). The molecule has 2 heterocycles. The van der Waals surface area contributed by atoms with Gasteiger partial charge in [-0.1, -0.05) is 18.2 Å².